The van der Waals surface area contributed by atoms with Crippen LogP contribution in [0.3, 0.4) is 0 Å². The van der Waals surface area contributed by atoms with E-state index < -0.39 is 29.7 Å². The van der Waals surface area contributed by atoms with Gasteiger partial charge in [0.25, 0.3) is 17.5 Å². The van der Waals surface area contributed by atoms with Gasteiger partial charge < -0.3 is 19.5 Å². The predicted molar refractivity (Wildman–Crippen MR) is 113 cm³/mol. The van der Waals surface area contributed by atoms with E-state index in [1.807, 2.05) is 0 Å². The molecule has 3 rings (SSSR count). The van der Waals surface area contributed by atoms with E-state index in [1.54, 1.807) is 28.8 Å². The first kappa shape index (κ1) is 24.7. The van der Waals surface area contributed by atoms with Crippen LogP contribution in [0.4, 0.5) is 18.0 Å². The molecule has 12 heteroatoms. The van der Waals surface area contributed by atoms with E-state index in [2.05, 4.69) is 0 Å². The van der Waals surface area contributed by atoms with Crippen LogP contribution in [0, 0.1) is 0 Å². The monoisotopic (exact) mass is 481 g/mol. The van der Waals surface area contributed by atoms with Crippen LogP contribution in [0.1, 0.15) is 15.9 Å². The van der Waals surface area contributed by atoms with Gasteiger partial charge in [-0.05, 0) is 36.2 Å². The molecule has 1 atom stereocenters. The number of carbonyl (C=O) groups excluding carboxylic acids is 3. The normalized spacial score (nSPS) is 17.9. The Bertz CT molecular complexity index is 1110. The molecule has 9 nitrogen and oxygen atoms in total. The first-order valence-corrected chi connectivity index (χ1v) is 9.95. The molecule has 4 amide bonds. The molecule has 0 radical (unpaired) electrons. The van der Waals surface area contributed by atoms with E-state index in [4.69, 9.17) is 14.2 Å². The van der Waals surface area contributed by atoms with E-state index in [0.29, 0.717) is 22.0 Å². The standard InChI is InChI=1S/C22H22F3N3O6/c1-32-15-7-5-4-6-14(15)18(29)26-21(22(23,24)25)19(30)28(20(31)27-21)11-10-13-8-9-16(33-2)17(12-13)34-3/h4-9,12H,10-11H2,1-3H3,(H,26,29)(H,27,31)/t21-/m1/s1. The second-order valence-corrected chi connectivity index (χ2v) is 7.23. The van der Waals surface area contributed by atoms with Gasteiger partial charge in [-0.15, -0.1) is 0 Å². The van der Waals surface area contributed by atoms with Crippen molar-refractivity contribution in [2.24, 2.45) is 0 Å². The number of para-hydroxylation sites is 1. The summed E-state index contributed by atoms with van der Waals surface area (Å²) in [5.41, 5.74) is -3.28. The number of nitrogens with one attached hydrogen (secondary N) is 2. The van der Waals surface area contributed by atoms with Crippen molar-refractivity contribution in [1.82, 2.24) is 15.5 Å². The fraction of sp³-hybridized carbons (Fsp3) is 0.318. The lowest BCUT2D eigenvalue weighted by atomic mass is 10.1. The molecule has 182 valence electrons. The van der Waals surface area contributed by atoms with Gasteiger partial charge in [0, 0.05) is 6.54 Å². The fourth-order valence-corrected chi connectivity index (χ4v) is 3.47. The largest absolute Gasteiger partial charge is 0.496 e. The highest BCUT2D eigenvalue weighted by atomic mass is 19.4. The minimum atomic E-state index is -5.32. The topological polar surface area (TPSA) is 106 Å². The maximum absolute atomic E-state index is 14.1. The van der Waals surface area contributed by atoms with Gasteiger partial charge in [0.15, 0.2) is 11.5 Å². The molecule has 2 aromatic rings. The Kier molecular flexibility index (Phi) is 6.89. The van der Waals surface area contributed by atoms with Crippen LogP contribution in [0.5, 0.6) is 17.2 Å². The molecule has 34 heavy (non-hydrogen) atoms. The molecular weight excluding hydrogens is 459 g/mol. The predicted octanol–water partition coefficient (Wildman–Crippen LogP) is 2.50. The van der Waals surface area contributed by atoms with Crippen LogP contribution in [0.15, 0.2) is 42.5 Å². The van der Waals surface area contributed by atoms with E-state index >= 15 is 0 Å². The zero-order chi connectivity index (χ0) is 25.1. The number of amides is 4. The number of halogens is 3. The van der Waals surface area contributed by atoms with Crippen LogP contribution in [-0.2, 0) is 11.2 Å². The summed E-state index contributed by atoms with van der Waals surface area (Å²) in [5.74, 6) is -2.07. The highest BCUT2D eigenvalue weighted by Gasteiger charge is 2.68. The van der Waals surface area contributed by atoms with Crippen molar-refractivity contribution in [3.05, 3.63) is 53.6 Å². The first-order valence-electron chi connectivity index (χ1n) is 9.95. The van der Waals surface area contributed by atoms with Crippen LogP contribution in [-0.4, -0.2) is 62.5 Å². The van der Waals surface area contributed by atoms with Gasteiger partial charge in [0.05, 0.1) is 26.9 Å². The highest BCUT2D eigenvalue weighted by Crippen LogP contribution is 2.35. The number of methoxy groups -OCH3 is 3. The minimum absolute atomic E-state index is 0.000550. The SMILES string of the molecule is COc1ccc(CCN2C(=O)N[C@@](NC(=O)c3ccccc3OC)(C(F)(F)F)C2=O)cc1OC. The molecule has 0 unspecified atom stereocenters. The third kappa shape index (κ3) is 4.43. The van der Waals surface area contributed by atoms with E-state index in [-0.39, 0.29) is 24.3 Å². The second-order valence-electron chi connectivity index (χ2n) is 7.23. The Morgan fingerprint density at radius 1 is 1.00 bits per heavy atom. The third-order valence-electron chi connectivity index (χ3n) is 5.26. The van der Waals surface area contributed by atoms with Crippen molar-refractivity contribution < 1.29 is 41.8 Å². The molecule has 1 fully saturated rings. The number of hydrogen-bond donors (Lipinski definition) is 2. The molecule has 1 aliphatic rings. The van der Waals surface area contributed by atoms with Crippen LogP contribution < -0.4 is 24.8 Å². The summed E-state index contributed by atoms with van der Waals surface area (Å²) in [6.07, 6.45) is -5.29. The molecular formula is C22H22F3N3O6. The van der Waals surface area contributed by atoms with Crippen molar-refractivity contribution in [2.75, 3.05) is 27.9 Å². The van der Waals surface area contributed by atoms with Crippen LogP contribution in [0.25, 0.3) is 0 Å². The number of urea groups is 1. The van der Waals surface area contributed by atoms with Gasteiger partial charge in [0.2, 0.25) is 0 Å². The zero-order valence-electron chi connectivity index (χ0n) is 18.5. The third-order valence-corrected chi connectivity index (χ3v) is 5.26. The quantitative estimate of drug-likeness (QED) is 0.562. The molecule has 0 aliphatic carbocycles. The average Bonchev–Trinajstić information content (AvgIpc) is 3.06. The molecule has 0 spiro atoms. The number of nitrogens with zero attached hydrogens (tertiary/aromatic N) is 1. The Hall–Kier alpha value is -3.96. The average molecular weight is 481 g/mol. The van der Waals surface area contributed by atoms with Crippen LogP contribution >= 0.6 is 0 Å². The van der Waals surface area contributed by atoms with Gasteiger partial charge in [-0.3, -0.25) is 19.8 Å². The lowest BCUT2D eigenvalue weighted by Gasteiger charge is -2.30. The molecule has 1 aliphatic heterocycles. The molecule has 0 saturated carbocycles. The number of benzene rings is 2. The van der Waals surface area contributed by atoms with Crippen molar-refractivity contribution in [1.29, 1.82) is 0 Å². The molecule has 2 N–H and O–H groups in total. The van der Waals surface area contributed by atoms with Crippen molar-refractivity contribution in [2.45, 2.75) is 18.3 Å². The molecule has 1 heterocycles. The smallest absolute Gasteiger partial charge is 0.440 e. The van der Waals surface area contributed by atoms with Crippen LogP contribution in [0.2, 0.25) is 0 Å². The van der Waals surface area contributed by atoms with Crippen molar-refractivity contribution in [3.8, 4) is 17.2 Å². The number of rotatable bonds is 8. The van der Waals surface area contributed by atoms with Crippen molar-refractivity contribution in [3.63, 3.8) is 0 Å². The molecule has 0 aromatic heterocycles. The Labute approximate surface area is 192 Å². The lowest BCUT2D eigenvalue weighted by Crippen LogP contribution is -2.69. The van der Waals surface area contributed by atoms with E-state index in [1.165, 1.54) is 45.6 Å². The highest BCUT2D eigenvalue weighted by molar-refractivity contribution is 6.10. The summed E-state index contributed by atoms with van der Waals surface area (Å²) in [7, 11) is 4.10. The number of carbonyl (C=O) groups is 3. The van der Waals surface area contributed by atoms with Gasteiger partial charge >= 0.3 is 12.2 Å². The Morgan fingerprint density at radius 2 is 1.65 bits per heavy atom. The number of ether oxygens (including phenoxy) is 3. The lowest BCUT2D eigenvalue weighted by molar-refractivity contribution is -0.200. The fourth-order valence-electron chi connectivity index (χ4n) is 3.47. The summed E-state index contributed by atoms with van der Waals surface area (Å²) in [4.78, 5) is 38.4. The maximum Gasteiger partial charge on any atom is 0.440 e. The second kappa shape index (κ2) is 9.49. The van der Waals surface area contributed by atoms with Gasteiger partial charge in [0.1, 0.15) is 5.75 Å². The van der Waals surface area contributed by atoms with Gasteiger partial charge in [-0.1, -0.05) is 18.2 Å². The minimum Gasteiger partial charge on any atom is -0.496 e. The van der Waals surface area contributed by atoms with E-state index in [0.717, 1.165) is 0 Å². The Morgan fingerprint density at radius 3 is 2.26 bits per heavy atom. The molecule has 2 aromatic carbocycles. The summed E-state index contributed by atoms with van der Waals surface area (Å²) in [5, 5.41) is 3.28. The van der Waals surface area contributed by atoms with Gasteiger partial charge in [-0.25, -0.2) is 4.79 Å². The first-order chi connectivity index (χ1) is 16.1. The van der Waals surface area contributed by atoms with E-state index in [9.17, 15) is 27.6 Å². The van der Waals surface area contributed by atoms with Crippen molar-refractivity contribution >= 4 is 17.8 Å². The van der Waals surface area contributed by atoms with Gasteiger partial charge in [-0.2, -0.15) is 13.2 Å². The number of imide groups is 1. The summed E-state index contributed by atoms with van der Waals surface area (Å²) in [6, 6.07) is 9.05. The molecule has 0 bridgehead atoms. The molecule has 1 saturated heterocycles. The summed E-state index contributed by atoms with van der Waals surface area (Å²) < 4.78 is 57.5. The maximum atomic E-state index is 14.1. The Balaban J connectivity index is 1.85. The number of alkyl halides is 3. The number of hydrogen-bond acceptors (Lipinski definition) is 6. The summed E-state index contributed by atoms with van der Waals surface area (Å²) in [6.45, 7) is -0.373. The zero-order valence-corrected chi connectivity index (χ0v) is 18.5. The summed E-state index contributed by atoms with van der Waals surface area (Å²) >= 11 is 0.